The van der Waals surface area contributed by atoms with Crippen LogP contribution in [0.25, 0.3) is 11.0 Å². The van der Waals surface area contributed by atoms with E-state index in [0.717, 1.165) is 16.5 Å². The third-order valence-corrected chi connectivity index (χ3v) is 5.27. The van der Waals surface area contributed by atoms with Crippen molar-refractivity contribution in [2.45, 2.75) is 32.0 Å². The molecule has 3 aromatic rings. The Balaban J connectivity index is 1.57. The Labute approximate surface area is 162 Å². The fraction of sp³-hybridized carbons (Fsp3) is 0.318. The molecule has 0 saturated carbocycles. The highest BCUT2D eigenvalue weighted by atomic mass is 19.1. The van der Waals surface area contributed by atoms with Crippen LogP contribution in [0.3, 0.4) is 0 Å². The van der Waals surface area contributed by atoms with Crippen molar-refractivity contribution in [3.05, 3.63) is 71.2 Å². The number of carboxylic acids is 1. The van der Waals surface area contributed by atoms with Gasteiger partial charge >= 0.3 is 5.97 Å². The van der Waals surface area contributed by atoms with Crippen molar-refractivity contribution in [1.29, 1.82) is 0 Å². The van der Waals surface area contributed by atoms with E-state index >= 15 is 0 Å². The van der Waals surface area contributed by atoms with E-state index in [1.165, 1.54) is 12.1 Å². The van der Waals surface area contributed by atoms with Crippen LogP contribution < -0.4 is 0 Å². The highest BCUT2D eigenvalue weighted by molar-refractivity contribution is 5.91. The fourth-order valence-corrected chi connectivity index (χ4v) is 3.60. The number of rotatable bonds is 4. The minimum absolute atomic E-state index is 0.0648. The molecular weight excluding hydrogens is 361 g/mol. The van der Waals surface area contributed by atoms with E-state index in [1.807, 2.05) is 18.2 Å². The molecule has 1 fully saturated rings. The van der Waals surface area contributed by atoms with Crippen LogP contribution in [0, 0.1) is 5.82 Å². The molecule has 5 nitrogen and oxygen atoms in total. The van der Waals surface area contributed by atoms with Gasteiger partial charge in [-0.05, 0) is 55.3 Å². The number of hydrogen-bond donors (Lipinski definition) is 1. The average Bonchev–Trinajstić information content (AvgIpc) is 3.07. The summed E-state index contributed by atoms with van der Waals surface area (Å²) in [6.07, 6.45) is -0.194. The van der Waals surface area contributed by atoms with Gasteiger partial charge < -0.3 is 14.3 Å². The van der Waals surface area contributed by atoms with Gasteiger partial charge in [-0.1, -0.05) is 18.2 Å². The van der Waals surface area contributed by atoms with Crippen molar-refractivity contribution in [1.82, 2.24) is 4.90 Å². The van der Waals surface area contributed by atoms with E-state index < -0.39 is 5.97 Å². The molecule has 1 N–H and O–H groups in total. The van der Waals surface area contributed by atoms with E-state index in [4.69, 9.17) is 14.3 Å². The molecule has 1 unspecified atom stereocenters. The van der Waals surface area contributed by atoms with Crippen LogP contribution in [-0.2, 0) is 11.3 Å². The minimum Gasteiger partial charge on any atom is -0.475 e. The van der Waals surface area contributed by atoms with Gasteiger partial charge in [-0.3, -0.25) is 4.90 Å². The Bertz CT molecular complexity index is 1030. The zero-order chi connectivity index (χ0) is 19.9. The molecule has 1 saturated heterocycles. The summed E-state index contributed by atoms with van der Waals surface area (Å²) < 4.78 is 25.0. The first kappa shape index (κ1) is 18.7. The van der Waals surface area contributed by atoms with Gasteiger partial charge in [0.05, 0.1) is 12.7 Å². The number of carboxylic acid groups (broad SMARTS) is 1. The van der Waals surface area contributed by atoms with Crippen molar-refractivity contribution >= 4 is 16.9 Å². The smallest absolute Gasteiger partial charge is 0.371 e. The maximum Gasteiger partial charge on any atom is 0.371 e. The molecule has 4 rings (SSSR count). The molecule has 28 heavy (non-hydrogen) atoms. The molecule has 1 aliphatic rings. The van der Waals surface area contributed by atoms with Gasteiger partial charge in [0.15, 0.2) is 0 Å². The predicted molar refractivity (Wildman–Crippen MR) is 103 cm³/mol. The summed E-state index contributed by atoms with van der Waals surface area (Å²) in [5.74, 6) is -1.41. The molecule has 1 atom stereocenters. The number of morpholine rings is 1. The number of halogens is 1. The summed E-state index contributed by atoms with van der Waals surface area (Å²) >= 11 is 0. The SMILES string of the molecule is CC1(C)COC(c2cccc(F)c2)CN1Cc1ccc2oc(C(=O)O)cc2c1. The van der Waals surface area contributed by atoms with Crippen LogP contribution in [0.4, 0.5) is 4.39 Å². The lowest BCUT2D eigenvalue weighted by Crippen LogP contribution is -2.53. The standard InChI is InChI=1S/C22H22FNO4/c1-22(2)13-27-20(15-4-3-5-17(23)9-15)12-24(22)11-14-6-7-18-16(8-14)10-19(28-18)21(25)26/h3-10,20H,11-13H2,1-2H3,(H,25,26). The van der Waals surface area contributed by atoms with E-state index in [1.54, 1.807) is 18.2 Å². The molecule has 1 aliphatic heterocycles. The van der Waals surface area contributed by atoms with Gasteiger partial charge in [0.25, 0.3) is 0 Å². The average molecular weight is 383 g/mol. The summed E-state index contributed by atoms with van der Waals surface area (Å²) in [6.45, 7) is 6.08. The molecule has 2 aromatic carbocycles. The summed E-state index contributed by atoms with van der Waals surface area (Å²) in [5.41, 5.74) is 2.26. The van der Waals surface area contributed by atoms with Gasteiger partial charge in [-0.2, -0.15) is 0 Å². The third kappa shape index (κ3) is 3.66. The van der Waals surface area contributed by atoms with E-state index in [0.29, 0.717) is 25.3 Å². The molecule has 0 aliphatic carbocycles. The second kappa shape index (κ2) is 7.04. The first-order valence-electron chi connectivity index (χ1n) is 9.20. The van der Waals surface area contributed by atoms with Gasteiger partial charge in [-0.15, -0.1) is 0 Å². The van der Waals surface area contributed by atoms with Gasteiger partial charge in [-0.25, -0.2) is 9.18 Å². The highest BCUT2D eigenvalue weighted by Crippen LogP contribution is 2.32. The number of carbonyl (C=O) groups is 1. The molecule has 0 spiro atoms. The maximum atomic E-state index is 13.6. The largest absolute Gasteiger partial charge is 0.475 e. The molecule has 0 radical (unpaired) electrons. The zero-order valence-corrected chi connectivity index (χ0v) is 15.8. The number of ether oxygens (including phenoxy) is 1. The predicted octanol–water partition coefficient (Wildman–Crippen LogP) is 4.62. The molecule has 1 aromatic heterocycles. The Morgan fingerprint density at radius 3 is 2.82 bits per heavy atom. The van der Waals surface area contributed by atoms with Gasteiger partial charge in [0.1, 0.15) is 11.4 Å². The van der Waals surface area contributed by atoms with Gasteiger partial charge in [0, 0.05) is 24.0 Å². The normalized spacial score (nSPS) is 19.8. The summed E-state index contributed by atoms with van der Waals surface area (Å²) in [5, 5.41) is 9.87. The highest BCUT2D eigenvalue weighted by Gasteiger charge is 2.35. The first-order valence-corrected chi connectivity index (χ1v) is 9.20. The molecule has 2 heterocycles. The van der Waals surface area contributed by atoms with E-state index in [-0.39, 0.29) is 23.2 Å². The number of hydrogen-bond acceptors (Lipinski definition) is 4. The molecule has 146 valence electrons. The lowest BCUT2D eigenvalue weighted by molar-refractivity contribution is -0.104. The van der Waals surface area contributed by atoms with Crippen molar-refractivity contribution in [2.75, 3.05) is 13.2 Å². The number of benzene rings is 2. The van der Waals surface area contributed by atoms with E-state index in [2.05, 4.69) is 18.7 Å². The zero-order valence-electron chi connectivity index (χ0n) is 15.8. The van der Waals surface area contributed by atoms with Crippen LogP contribution >= 0.6 is 0 Å². The third-order valence-electron chi connectivity index (χ3n) is 5.27. The molecule has 0 bridgehead atoms. The van der Waals surface area contributed by atoms with Crippen molar-refractivity contribution < 1.29 is 23.4 Å². The Morgan fingerprint density at radius 2 is 2.07 bits per heavy atom. The molecule has 0 amide bonds. The van der Waals surface area contributed by atoms with Crippen molar-refractivity contribution in [2.24, 2.45) is 0 Å². The van der Waals surface area contributed by atoms with Crippen molar-refractivity contribution in [3.63, 3.8) is 0 Å². The second-order valence-electron chi connectivity index (χ2n) is 7.84. The number of nitrogens with zero attached hydrogens (tertiary/aromatic N) is 1. The van der Waals surface area contributed by atoms with Crippen LogP contribution in [0.2, 0.25) is 0 Å². The Hall–Kier alpha value is -2.70. The summed E-state index contributed by atoms with van der Waals surface area (Å²) in [4.78, 5) is 13.4. The maximum absolute atomic E-state index is 13.6. The quantitative estimate of drug-likeness (QED) is 0.712. The monoisotopic (exact) mass is 383 g/mol. The van der Waals surface area contributed by atoms with Crippen LogP contribution in [0.15, 0.2) is 52.9 Å². The lowest BCUT2D eigenvalue weighted by atomic mass is 9.97. The summed E-state index contributed by atoms with van der Waals surface area (Å²) in [7, 11) is 0. The van der Waals surface area contributed by atoms with Gasteiger partial charge in [0.2, 0.25) is 5.76 Å². The fourth-order valence-electron chi connectivity index (χ4n) is 3.60. The minimum atomic E-state index is -1.08. The first-order chi connectivity index (χ1) is 13.3. The molecule has 6 heteroatoms. The van der Waals surface area contributed by atoms with Crippen LogP contribution in [0.1, 0.15) is 41.6 Å². The van der Waals surface area contributed by atoms with Crippen molar-refractivity contribution in [3.8, 4) is 0 Å². The number of furan rings is 1. The summed E-state index contributed by atoms with van der Waals surface area (Å²) in [6, 6.07) is 13.8. The number of fused-ring (bicyclic) bond motifs is 1. The van der Waals surface area contributed by atoms with E-state index in [9.17, 15) is 9.18 Å². The van der Waals surface area contributed by atoms with Crippen LogP contribution in [-0.4, -0.2) is 34.7 Å². The molecular formula is C22H22FNO4. The Morgan fingerprint density at radius 1 is 1.25 bits per heavy atom. The second-order valence-corrected chi connectivity index (χ2v) is 7.84. The number of aromatic carboxylic acids is 1. The Kier molecular flexibility index (Phi) is 4.69. The van der Waals surface area contributed by atoms with Crippen LogP contribution in [0.5, 0.6) is 0 Å². The topological polar surface area (TPSA) is 62.9 Å². The lowest BCUT2D eigenvalue weighted by Gasteiger charge is -2.45.